The van der Waals surface area contributed by atoms with Gasteiger partial charge in [0.05, 0.1) is 17.0 Å². The van der Waals surface area contributed by atoms with E-state index in [1.165, 1.54) is 6.07 Å². The Hall–Kier alpha value is -2.13. The predicted octanol–water partition coefficient (Wildman–Crippen LogP) is -0.522. The third-order valence-electron chi connectivity index (χ3n) is 3.08. The number of aromatic carboxylic acids is 1. The minimum atomic E-state index is -4.10. The van der Waals surface area contributed by atoms with Crippen molar-refractivity contribution in [3.63, 3.8) is 0 Å². The molecule has 21 heavy (non-hydrogen) atoms. The Morgan fingerprint density at radius 3 is 2.76 bits per heavy atom. The molecule has 9 heteroatoms. The van der Waals surface area contributed by atoms with Crippen LogP contribution in [0.4, 0.5) is 5.69 Å². The molecule has 1 aromatic carbocycles. The van der Waals surface area contributed by atoms with Gasteiger partial charge in [-0.2, -0.15) is 4.31 Å². The maximum Gasteiger partial charge on any atom is 0.337 e. The number of nitrogens with one attached hydrogen (secondary N) is 1. The molecule has 1 amide bonds. The van der Waals surface area contributed by atoms with E-state index >= 15 is 0 Å². The Labute approximate surface area is 121 Å². The molecule has 0 saturated carbocycles. The normalized spacial score (nSPS) is 17.0. The van der Waals surface area contributed by atoms with Crippen molar-refractivity contribution in [2.75, 3.05) is 25.4 Å². The van der Waals surface area contributed by atoms with Crippen LogP contribution in [0.25, 0.3) is 0 Å². The van der Waals surface area contributed by atoms with Gasteiger partial charge >= 0.3 is 5.97 Å². The van der Waals surface area contributed by atoms with Crippen molar-refractivity contribution in [1.29, 1.82) is 0 Å². The summed E-state index contributed by atoms with van der Waals surface area (Å²) in [6, 6.07) is 3.56. The number of carboxylic acids is 1. The molecule has 1 aromatic rings. The number of amides is 1. The molecular weight excluding hydrogens is 298 g/mol. The molecule has 0 aromatic heterocycles. The van der Waals surface area contributed by atoms with E-state index in [9.17, 15) is 18.0 Å². The second kappa shape index (κ2) is 5.70. The summed E-state index contributed by atoms with van der Waals surface area (Å²) in [5.74, 6) is -1.79. The Morgan fingerprint density at radius 2 is 2.10 bits per heavy atom. The number of rotatable bonds is 3. The number of carboxylic acid groups (broad SMARTS) is 1. The molecule has 2 rings (SSSR count). The zero-order chi connectivity index (χ0) is 15.6. The van der Waals surface area contributed by atoms with E-state index in [2.05, 4.69) is 5.32 Å². The molecular formula is C12H15N3O5S. The number of nitrogens with zero attached hydrogens (tertiary/aromatic N) is 1. The number of nitrogen functional groups attached to an aromatic ring is 1. The average Bonchev–Trinajstić information content (AvgIpc) is 2.63. The topological polar surface area (TPSA) is 130 Å². The number of carbonyl (C=O) groups is 2. The Balaban J connectivity index is 2.50. The number of sulfonamides is 1. The van der Waals surface area contributed by atoms with Crippen molar-refractivity contribution < 1.29 is 23.1 Å². The maximum absolute atomic E-state index is 12.6. The summed E-state index contributed by atoms with van der Waals surface area (Å²) in [5, 5.41) is 11.7. The van der Waals surface area contributed by atoms with Gasteiger partial charge in [-0.3, -0.25) is 4.79 Å². The first kappa shape index (κ1) is 15.3. The van der Waals surface area contributed by atoms with Gasteiger partial charge < -0.3 is 16.2 Å². The molecule has 1 heterocycles. The number of anilines is 1. The molecule has 0 bridgehead atoms. The summed E-state index contributed by atoms with van der Waals surface area (Å²) in [5.41, 5.74) is 5.33. The van der Waals surface area contributed by atoms with Gasteiger partial charge in [0.2, 0.25) is 15.9 Å². The van der Waals surface area contributed by atoms with Crippen molar-refractivity contribution in [2.45, 2.75) is 11.3 Å². The van der Waals surface area contributed by atoms with Gasteiger partial charge in [0.25, 0.3) is 0 Å². The van der Waals surface area contributed by atoms with E-state index in [4.69, 9.17) is 10.8 Å². The van der Waals surface area contributed by atoms with E-state index < -0.39 is 26.8 Å². The second-order valence-electron chi connectivity index (χ2n) is 4.60. The van der Waals surface area contributed by atoms with Gasteiger partial charge in [-0.15, -0.1) is 0 Å². The lowest BCUT2D eigenvalue weighted by atomic mass is 10.2. The molecule has 0 unspecified atom stereocenters. The maximum atomic E-state index is 12.6. The van der Waals surface area contributed by atoms with Gasteiger partial charge in [0.1, 0.15) is 0 Å². The lowest BCUT2D eigenvalue weighted by Crippen LogP contribution is -2.38. The highest BCUT2D eigenvalue weighted by molar-refractivity contribution is 7.89. The fourth-order valence-corrected chi connectivity index (χ4v) is 3.70. The first-order valence-electron chi connectivity index (χ1n) is 6.22. The monoisotopic (exact) mass is 313 g/mol. The van der Waals surface area contributed by atoms with Crippen LogP contribution >= 0.6 is 0 Å². The molecule has 8 nitrogen and oxygen atoms in total. The molecule has 1 aliphatic rings. The number of hydrogen-bond acceptors (Lipinski definition) is 5. The first-order valence-corrected chi connectivity index (χ1v) is 7.66. The summed E-state index contributed by atoms with van der Waals surface area (Å²) >= 11 is 0. The average molecular weight is 313 g/mol. The fraction of sp³-hybridized carbons (Fsp3) is 0.333. The molecule has 1 aliphatic heterocycles. The van der Waals surface area contributed by atoms with Crippen LogP contribution in [0, 0.1) is 0 Å². The van der Waals surface area contributed by atoms with Crippen LogP contribution < -0.4 is 11.1 Å². The van der Waals surface area contributed by atoms with Crippen LogP contribution in [0.1, 0.15) is 16.8 Å². The highest BCUT2D eigenvalue weighted by atomic mass is 32.2. The van der Waals surface area contributed by atoms with E-state index in [1.807, 2.05) is 0 Å². The van der Waals surface area contributed by atoms with Gasteiger partial charge in [-0.05, 0) is 24.6 Å². The van der Waals surface area contributed by atoms with E-state index in [-0.39, 0.29) is 24.3 Å². The highest BCUT2D eigenvalue weighted by Crippen LogP contribution is 2.23. The summed E-state index contributed by atoms with van der Waals surface area (Å²) in [4.78, 5) is 22.3. The fourth-order valence-electron chi connectivity index (χ4n) is 2.05. The minimum absolute atomic E-state index is 0.134. The number of benzene rings is 1. The molecule has 114 valence electrons. The van der Waals surface area contributed by atoms with Crippen LogP contribution in [0.15, 0.2) is 23.1 Å². The SMILES string of the molecule is Nc1ccc(C(=O)O)c(S(=O)(=O)N2CCCNC(=O)C2)c1. The smallest absolute Gasteiger partial charge is 0.337 e. The standard InChI is InChI=1S/C12H15N3O5S/c13-8-2-3-9(12(17)18)10(6-8)21(19,20)15-5-1-4-14-11(16)7-15/h2-3,6H,1,4-5,7,13H2,(H,14,16)(H,17,18). The van der Waals surface area contributed by atoms with E-state index in [1.54, 1.807) is 0 Å². The molecule has 0 spiro atoms. The minimum Gasteiger partial charge on any atom is -0.478 e. The number of carbonyl (C=O) groups excluding carboxylic acids is 1. The summed E-state index contributed by atoms with van der Waals surface area (Å²) in [6.07, 6.45) is 0.454. The van der Waals surface area contributed by atoms with Crippen molar-refractivity contribution in [3.8, 4) is 0 Å². The van der Waals surface area contributed by atoms with Crippen LogP contribution in [-0.4, -0.2) is 49.3 Å². The van der Waals surface area contributed by atoms with Gasteiger partial charge in [0.15, 0.2) is 0 Å². The van der Waals surface area contributed by atoms with E-state index in [0.29, 0.717) is 13.0 Å². The van der Waals surface area contributed by atoms with Crippen LogP contribution in [0.3, 0.4) is 0 Å². The van der Waals surface area contributed by atoms with Crippen molar-refractivity contribution in [3.05, 3.63) is 23.8 Å². The molecule has 0 radical (unpaired) electrons. The zero-order valence-electron chi connectivity index (χ0n) is 11.1. The number of hydrogen-bond donors (Lipinski definition) is 3. The third kappa shape index (κ3) is 3.14. The lowest BCUT2D eigenvalue weighted by Gasteiger charge is -2.20. The summed E-state index contributed by atoms with van der Waals surface area (Å²) in [7, 11) is -4.10. The van der Waals surface area contributed by atoms with Crippen molar-refractivity contribution in [1.82, 2.24) is 9.62 Å². The van der Waals surface area contributed by atoms with Crippen LogP contribution in [-0.2, 0) is 14.8 Å². The lowest BCUT2D eigenvalue weighted by molar-refractivity contribution is -0.120. The Kier molecular flexibility index (Phi) is 4.14. The molecule has 4 N–H and O–H groups in total. The molecule has 1 saturated heterocycles. The summed E-state index contributed by atoms with van der Waals surface area (Å²) in [6.45, 7) is 0.179. The molecule has 0 atom stereocenters. The summed E-state index contributed by atoms with van der Waals surface area (Å²) < 4.78 is 26.1. The van der Waals surface area contributed by atoms with E-state index in [0.717, 1.165) is 16.4 Å². The first-order chi connectivity index (χ1) is 9.82. The van der Waals surface area contributed by atoms with Crippen LogP contribution in [0.5, 0.6) is 0 Å². The Bertz CT molecular complexity index is 686. The predicted molar refractivity (Wildman–Crippen MR) is 74.2 cm³/mol. The van der Waals surface area contributed by atoms with Crippen molar-refractivity contribution >= 4 is 27.6 Å². The largest absolute Gasteiger partial charge is 0.478 e. The highest BCUT2D eigenvalue weighted by Gasteiger charge is 2.31. The quantitative estimate of drug-likeness (QED) is 0.644. The molecule has 1 fully saturated rings. The third-order valence-corrected chi connectivity index (χ3v) is 4.97. The molecule has 0 aliphatic carbocycles. The number of nitrogens with two attached hydrogens (primary N) is 1. The van der Waals surface area contributed by atoms with Gasteiger partial charge in [-0.1, -0.05) is 0 Å². The second-order valence-corrected chi connectivity index (χ2v) is 6.51. The van der Waals surface area contributed by atoms with Crippen LogP contribution in [0.2, 0.25) is 0 Å². The van der Waals surface area contributed by atoms with Gasteiger partial charge in [0, 0.05) is 18.8 Å². The van der Waals surface area contributed by atoms with Crippen molar-refractivity contribution in [2.24, 2.45) is 0 Å². The Morgan fingerprint density at radius 1 is 1.38 bits per heavy atom. The van der Waals surface area contributed by atoms with Gasteiger partial charge in [-0.25, -0.2) is 13.2 Å². The zero-order valence-corrected chi connectivity index (χ0v) is 11.9.